The SMILES string of the molecule is CCOC(=O)CCC(=O)NCc1ncon1. The molecule has 1 rings (SSSR count). The van der Waals surface area contributed by atoms with Gasteiger partial charge < -0.3 is 14.6 Å². The minimum atomic E-state index is -0.378. The Hall–Kier alpha value is -1.92. The fraction of sp³-hybridized carbons (Fsp3) is 0.556. The lowest BCUT2D eigenvalue weighted by Crippen LogP contribution is -2.24. The van der Waals surface area contributed by atoms with E-state index in [1.807, 2.05) is 0 Å². The maximum absolute atomic E-state index is 11.2. The topological polar surface area (TPSA) is 94.3 Å². The Kier molecular flexibility index (Phi) is 4.97. The van der Waals surface area contributed by atoms with Crippen LogP contribution in [0.15, 0.2) is 10.9 Å². The van der Waals surface area contributed by atoms with Gasteiger partial charge in [0.05, 0.1) is 19.6 Å². The van der Waals surface area contributed by atoms with Crippen LogP contribution in [0.25, 0.3) is 0 Å². The van der Waals surface area contributed by atoms with Crippen molar-refractivity contribution >= 4 is 11.9 Å². The van der Waals surface area contributed by atoms with Crippen LogP contribution in [0, 0.1) is 0 Å². The van der Waals surface area contributed by atoms with Gasteiger partial charge in [0, 0.05) is 6.42 Å². The largest absolute Gasteiger partial charge is 0.466 e. The summed E-state index contributed by atoms with van der Waals surface area (Å²) in [7, 11) is 0. The highest BCUT2D eigenvalue weighted by Gasteiger charge is 2.08. The number of rotatable bonds is 6. The first-order chi connectivity index (χ1) is 7.72. The van der Waals surface area contributed by atoms with Crippen molar-refractivity contribution in [1.29, 1.82) is 0 Å². The summed E-state index contributed by atoms with van der Waals surface area (Å²) in [6.45, 7) is 2.23. The number of amides is 1. The number of esters is 1. The minimum Gasteiger partial charge on any atom is -0.466 e. The molecule has 7 heteroatoms. The zero-order chi connectivity index (χ0) is 11.8. The molecule has 1 heterocycles. The molecule has 0 bridgehead atoms. The first-order valence-electron chi connectivity index (χ1n) is 4.90. The van der Waals surface area contributed by atoms with Crippen molar-refractivity contribution in [2.75, 3.05) is 6.61 Å². The van der Waals surface area contributed by atoms with E-state index in [0.717, 1.165) is 0 Å². The number of hydrogen-bond donors (Lipinski definition) is 1. The average Bonchev–Trinajstić information content (AvgIpc) is 2.77. The quantitative estimate of drug-likeness (QED) is 0.689. The van der Waals surface area contributed by atoms with Gasteiger partial charge in [-0.05, 0) is 6.92 Å². The molecule has 0 atom stereocenters. The zero-order valence-electron chi connectivity index (χ0n) is 8.93. The zero-order valence-corrected chi connectivity index (χ0v) is 8.93. The number of ether oxygens (including phenoxy) is 1. The summed E-state index contributed by atoms with van der Waals surface area (Å²) in [6, 6.07) is 0. The number of nitrogens with one attached hydrogen (secondary N) is 1. The van der Waals surface area contributed by atoms with Gasteiger partial charge in [-0.2, -0.15) is 4.98 Å². The molecule has 1 aromatic rings. The van der Waals surface area contributed by atoms with Crippen LogP contribution < -0.4 is 5.32 Å². The summed E-state index contributed by atoms with van der Waals surface area (Å²) < 4.78 is 9.17. The van der Waals surface area contributed by atoms with E-state index in [9.17, 15) is 9.59 Å². The van der Waals surface area contributed by atoms with Crippen LogP contribution in [-0.2, 0) is 20.9 Å². The van der Waals surface area contributed by atoms with Crippen LogP contribution >= 0.6 is 0 Å². The second-order valence-electron chi connectivity index (χ2n) is 2.93. The van der Waals surface area contributed by atoms with E-state index in [1.165, 1.54) is 6.39 Å². The van der Waals surface area contributed by atoms with Crippen LogP contribution in [0.2, 0.25) is 0 Å². The van der Waals surface area contributed by atoms with E-state index < -0.39 is 0 Å². The second-order valence-corrected chi connectivity index (χ2v) is 2.93. The van der Waals surface area contributed by atoms with Crippen molar-refractivity contribution in [3.63, 3.8) is 0 Å². The standard InChI is InChI=1S/C9H13N3O4/c1-2-15-9(14)4-3-8(13)10-5-7-11-6-16-12-7/h6H,2-5H2,1H3,(H,10,13). The molecule has 0 saturated heterocycles. The second kappa shape index (κ2) is 6.54. The van der Waals surface area contributed by atoms with Crippen molar-refractivity contribution in [2.24, 2.45) is 0 Å². The molecule has 0 aromatic carbocycles. The van der Waals surface area contributed by atoms with Crippen LogP contribution in [0.4, 0.5) is 0 Å². The van der Waals surface area contributed by atoms with Crippen LogP contribution in [0.5, 0.6) is 0 Å². The Morgan fingerprint density at radius 1 is 1.50 bits per heavy atom. The van der Waals surface area contributed by atoms with Gasteiger partial charge in [0.15, 0.2) is 5.82 Å². The Balaban J connectivity index is 2.14. The number of hydrogen-bond acceptors (Lipinski definition) is 6. The third-order valence-electron chi connectivity index (χ3n) is 1.71. The third kappa shape index (κ3) is 4.54. The summed E-state index contributed by atoms with van der Waals surface area (Å²) >= 11 is 0. The summed E-state index contributed by atoms with van der Waals surface area (Å²) in [4.78, 5) is 25.9. The van der Waals surface area contributed by atoms with Crippen LogP contribution in [0.1, 0.15) is 25.6 Å². The number of nitrogens with zero attached hydrogens (tertiary/aromatic N) is 2. The van der Waals surface area contributed by atoms with Crippen LogP contribution in [0.3, 0.4) is 0 Å². The van der Waals surface area contributed by atoms with Crippen molar-refractivity contribution in [3.8, 4) is 0 Å². The molecule has 88 valence electrons. The normalized spacial score (nSPS) is 9.81. The van der Waals surface area contributed by atoms with E-state index in [1.54, 1.807) is 6.92 Å². The predicted molar refractivity (Wildman–Crippen MR) is 52.0 cm³/mol. The Morgan fingerprint density at radius 3 is 2.94 bits per heavy atom. The lowest BCUT2D eigenvalue weighted by molar-refractivity contribution is -0.144. The molecule has 0 aliphatic rings. The van der Waals surface area contributed by atoms with Gasteiger partial charge in [-0.25, -0.2) is 0 Å². The highest BCUT2D eigenvalue weighted by molar-refractivity contribution is 5.81. The van der Waals surface area contributed by atoms with E-state index in [0.29, 0.717) is 12.4 Å². The van der Waals surface area contributed by atoms with Gasteiger partial charge in [-0.1, -0.05) is 5.16 Å². The van der Waals surface area contributed by atoms with Gasteiger partial charge in [0.1, 0.15) is 0 Å². The summed E-state index contributed by atoms with van der Waals surface area (Å²) in [6.07, 6.45) is 1.35. The van der Waals surface area contributed by atoms with E-state index in [-0.39, 0.29) is 31.3 Å². The highest BCUT2D eigenvalue weighted by Crippen LogP contribution is 1.94. The van der Waals surface area contributed by atoms with Crippen molar-refractivity contribution in [3.05, 3.63) is 12.2 Å². The Labute approximate surface area is 92.2 Å². The molecule has 1 aromatic heterocycles. The van der Waals surface area contributed by atoms with Gasteiger partial charge in [-0.3, -0.25) is 9.59 Å². The number of aromatic nitrogens is 2. The smallest absolute Gasteiger partial charge is 0.306 e. The van der Waals surface area contributed by atoms with E-state index in [4.69, 9.17) is 0 Å². The number of carbonyl (C=O) groups excluding carboxylic acids is 2. The fourth-order valence-electron chi connectivity index (χ4n) is 0.985. The molecule has 0 spiro atoms. The monoisotopic (exact) mass is 227 g/mol. The van der Waals surface area contributed by atoms with E-state index >= 15 is 0 Å². The third-order valence-corrected chi connectivity index (χ3v) is 1.71. The van der Waals surface area contributed by atoms with Gasteiger partial charge in [0.25, 0.3) is 0 Å². The molecule has 1 N–H and O–H groups in total. The lowest BCUT2D eigenvalue weighted by atomic mass is 10.3. The van der Waals surface area contributed by atoms with E-state index in [2.05, 4.69) is 24.7 Å². The molecule has 0 fully saturated rings. The van der Waals surface area contributed by atoms with Crippen molar-refractivity contribution < 1.29 is 18.8 Å². The van der Waals surface area contributed by atoms with Crippen molar-refractivity contribution in [2.45, 2.75) is 26.3 Å². The first-order valence-corrected chi connectivity index (χ1v) is 4.90. The maximum Gasteiger partial charge on any atom is 0.306 e. The molecular formula is C9H13N3O4. The molecule has 16 heavy (non-hydrogen) atoms. The highest BCUT2D eigenvalue weighted by atomic mass is 16.5. The van der Waals surface area contributed by atoms with Gasteiger partial charge >= 0.3 is 5.97 Å². The molecular weight excluding hydrogens is 214 g/mol. The molecule has 1 amide bonds. The predicted octanol–water partition coefficient (Wildman–Crippen LogP) is 0.0291. The van der Waals surface area contributed by atoms with Gasteiger partial charge in [-0.15, -0.1) is 0 Å². The number of carbonyl (C=O) groups is 2. The fourth-order valence-corrected chi connectivity index (χ4v) is 0.985. The molecule has 7 nitrogen and oxygen atoms in total. The van der Waals surface area contributed by atoms with Gasteiger partial charge in [0.2, 0.25) is 12.3 Å². The molecule has 0 aliphatic heterocycles. The molecule has 0 saturated carbocycles. The maximum atomic E-state index is 11.2. The molecule has 0 unspecified atom stereocenters. The first kappa shape index (κ1) is 12.2. The Morgan fingerprint density at radius 2 is 2.31 bits per heavy atom. The minimum absolute atomic E-state index is 0.0753. The molecule has 0 radical (unpaired) electrons. The Bertz CT molecular complexity index is 337. The van der Waals surface area contributed by atoms with Crippen molar-refractivity contribution in [1.82, 2.24) is 15.5 Å². The summed E-state index contributed by atoms with van der Waals surface area (Å²) in [5.41, 5.74) is 0. The molecule has 0 aliphatic carbocycles. The summed E-state index contributed by atoms with van der Waals surface area (Å²) in [5, 5.41) is 6.07. The average molecular weight is 227 g/mol. The van der Waals surface area contributed by atoms with Crippen LogP contribution in [-0.4, -0.2) is 28.6 Å². The summed E-state index contributed by atoms with van der Waals surface area (Å²) in [5.74, 6) is -0.237. The lowest BCUT2D eigenvalue weighted by Gasteiger charge is -2.02.